The van der Waals surface area contributed by atoms with Crippen molar-refractivity contribution in [2.75, 3.05) is 13.1 Å². The van der Waals surface area contributed by atoms with Crippen molar-refractivity contribution in [3.8, 4) is 22.3 Å². The number of aliphatic hydroxyl groups is 1. The van der Waals surface area contributed by atoms with Gasteiger partial charge in [0.05, 0.1) is 12.1 Å². The van der Waals surface area contributed by atoms with E-state index in [2.05, 4.69) is 0 Å². The Bertz CT molecular complexity index is 1420. The Morgan fingerprint density at radius 2 is 1.76 bits per heavy atom. The number of pyridine rings is 1. The van der Waals surface area contributed by atoms with Crippen LogP contribution < -0.4 is 11.3 Å². The predicted octanol–water partition coefficient (Wildman–Crippen LogP) is 5.74. The summed E-state index contributed by atoms with van der Waals surface area (Å²) in [5, 5.41) is 11.5. The summed E-state index contributed by atoms with van der Waals surface area (Å²) in [6, 6.07) is 15.6. The number of rotatable bonds is 8. The number of benzene rings is 2. The minimum absolute atomic E-state index is 0.00955. The molecule has 218 valence electrons. The van der Waals surface area contributed by atoms with Crippen LogP contribution in [-0.2, 0) is 17.9 Å². The fourth-order valence-electron chi connectivity index (χ4n) is 6.65. The van der Waals surface area contributed by atoms with Gasteiger partial charge in [-0.05, 0) is 54.0 Å². The van der Waals surface area contributed by atoms with Gasteiger partial charge >= 0.3 is 0 Å². The standard InChI is InChI=1S/C34H42FN3O3/c1-24(18-25-8-3-2-4-9-25)33(40)37-16-14-34(41,15-17-37)23-38-22-30(27-11-7-10-26(19-27)21-36)29(20-32(38)39)28-12-5-6-13-31(28)35/h5-7,10-13,19-20,22,24-25,41H,2-4,8-9,14-18,21,23,36H2,1H3/t24-/m1/s1. The predicted molar refractivity (Wildman–Crippen MR) is 161 cm³/mol. The van der Waals surface area contributed by atoms with E-state index in [4.69, 9.17) is 5.73 Å². The molecule has 7 heteroatoms. The molecule has 1 aromatic heterocycles. The number of carbonyl (C=O) groups is 1. The molecule has 41 heavy (non-hydrogen) atoms. The molecule has 2 aromatic carbocycles. The van der Waals surface area contributed by atoms with Crippen LogP contribution in [0.15, 0.2) is 65.6 Å². The van der Waals surface area contributed by atoms with Crippen molar-refractivity contribution in [2.24, 2.45) is 17.6 Å². The lowest BCUT2D eigenvalue weighted by Gasteiger charge is -2.39. The zero-order valence-electron chi connectivity index (χ0n) is 24.0. The first-order valence-electron chi connectivity index (χ1n) is 15.1. The maximum absolute atomic E-state index is 14.9. The largest absolute Gasteiger partial charge is 0.388 e. The van der Waals surface area contributed by atoms with Crippen LogP contribution in [-0.4, -0.2) is 39.2 Å². The van der Waals surface area contributed by atoms with E-state index in [-0.39, 0.29) is 23.9 Å². The fraction of sp³-hybridized carbons (Fsp3) is 0.471. The molecule has 1 aliphatic heterocycles. The van der Waals surface area contributed by atoms with Crippen LogP contribution in [0.3, 0.4) is 0 Å². The Kier molecular flexibility index (Phi) is 9.05. The van der Waals surface area contributed by atoms with Crippen molar-refractivity contribution in [3.05, 3.63) is 82.5 Å². The summed E-state index contributed by atoms with van der Waals surface area (Å²) in [7, 11) is 0. The maximum Gasteiger partial charge on any atom is 0.251 e. The lowest BCUT2D eigenvalue weighted by atomic mass is 9.82. The van der Waals surface area contributed by atoms with E-state index in [1.165, 1.54) is 48.8 Å². The second-order valence-electron chi connectivity index (χ2n) is 12.1. The molecule has 2 heterocycles. The summed E-state index contributed by atoms with van der Waals surface area (Å²) in [6.45, 7) is 3.44. The number of likely N-dealkylation sites (tertiary alicyclic amines) is 1. The molecular weight excluding hydrogens is 517 g/mol. The smallest absolute Gasteiger partial charge is 0.251 e. The Labute approximate surface area is 242 Å². The molecule has 0 spiro atoms. The number of aromatic nitrogens is 1. The first kappa shape index (κ1) is 29.2. The Balaban J connectivity index is 1.35. The van der Waals surface area contributed by atoms with E-state index >= 15 is 0 Å². The minimum Gasteiger partial charge on any atom is -0.388 e. The van der Waals surface area contributed by atoms with Gasteiger partial charge in [0, 0.05) is 48.9 Å². The van der Waals surface area contributed by atoms with Gasteiger partial charge in [-0.1, -0.05) is 75.4 Å². The van der Waals surface area contributed by atoms with Crippen LogP contribution in [0.4, 0.5) is 4.39 Å². The van der Waals surface area contributed by atoms with Crippen LogP contribution in [0.2, 0.25) is 0 Å². The van der Waals surface area contributed by atoms with E-state index in [9.17, 15) is 19.1 Å². The van der Waals surface area contributed by atoms with Crippen LogP contribution in [0, 0.1) is 17.7 Å². The summed E-state index contributed by atoms with van der Waals surface area (Å²) < 4.78 is 16.4. The van der Waals surface area contributed by atoms with E-state index in [1.54, 1.807) is 24.4 Å². The third-order valence-corrected chi connectivity index (χ3v) is 9.07. The lowest BCUT2D eigenvalue weighted by Crippen LogP contribution is -2.50. The number of piperidine rings is 1. The molecule has 1 saturated heterocycles. The van der Waals surface area contributed by atoms with Gasteiger partial charge in [-0.15, -0.1) is 0 Å². The van der Waals surface area contributed by atoms with Crippen LogP contribution >= 0.6 is 0 Å². The first-order valence-corrected chi connectivity index (χ1v) is 15.1. The van der Waals surface area contributed by atoms with E-state index < -0.39 is 11.4 Å². The van der Waals surface area contributed by atoms with Crippen LogP contribution in [0.5, 0.6) is 0 Å². The van der Waals surface area contributed by atoms with Crippen molar-refractivity contribution in [3.63, 3.8) is 0 Å². The van der Waals surface area contributed by atoms with Crippen molar-refractivity contribution in [1.82, 2.24) is 9.47 Å². The molecule has 2 fully saturated rings. The lowest BCUT2D eigenvalue weighted by molar-refractivity contribution is -0.140. The number of hydrogen-bond acceptors (Lipinski definition) is 4. The van der Waals surface area contributed by atoms with Gasteiger partial charge in [-0.2, -0.15) is 0 Å². The Hall–Kier alpha value is -3.29. The minimum atomic E-state index is -1.12. The molecule has 5 rings (SSSR count). The van der Waals surface area contributed by atoms with Crippen molar-refractivity contribution in [1.29, 1.82) is 0 Å². The fourth-order valence-corrected chi connectivity index (χ4v) is 6.65. The van der Waals surface area contributed by atoms with Crippen molar-refractivity contribution < 1.29 is 14.3 Å². The Morgan fingerprint density at radius 1 is 1.02 bits per heavy atom. The molecule has 0 radical (unpaired) electrons. The summed E-state index contributed by atoms with van der Waals surface area (Å²) >= 11 is 0. The molecule has 0 bridgehead atoms. The summed E-state index contributed by atoms with van der Waals surface area (Å²) in [5.41, 5.74) is 7.73. The van der Waals surface area contributed by atoms with Gasteiger partial charge in [0.25, 0.3) is 5.56 Å². The highest BCUT2D eigenvalue weighted by atomic mass is 19.1. The van der Waals surface area contributed by atoms with Crippen LogP contribution in [0.25, 0.3) is 22.3 Å². The van der Waals surface area contributed by atoms with E-state index in [0.29, 0.717) is 55.1 Å². The molecule has 1 saturated carbocycles. The summed E-state index contributed by atoms with van der Waals surface area (Å²) in [4.78, 5) is 28.4. The third-order valence-electron chi connectivity index (χ3n) is 9.07. The molecule has 3 aromatic rings. The number of halogens is 1. The van der Waals surface area contributed by atoms with Gasteiger partial charge in [-0.3, -0.25) is 9.59 Å². The zero-order chi connectivity index (χ0) is 29.0. The highest BCUT2D eigenvalue weighted by Gasteiger charge is 2.36. The molecule has 1 atom stereocenters. The van der Waals surface area contributed by atoms with Gasteiger partial charge < -0.3 is 20.3 Å². The maximum atomic E-state index is 14.9. The van der Waals surface area contributed by atoms with Gasteiger partial charge in [0.1, 0.15) is 5.82 Å². The van der Waals surface area contributed by atoms with Gasteiger partial charge in [0.15, 0.2) is 0 Å². The monoisotopic (exact) mass is 559 g/mol. The molecule has 2 aliphatic rings. The molecule has 0 unspecified atom stereocenters. The average molecular weight is 560 g/mol. The molecular formula is C34H42FN3O3. The number of nitrogens with two attached hydrogens (primary N) is 1. The summed E-state index contributed by atoms with van der Waals surface area (Å²) in [6.07, 6.45) is 9.74. The number of hydrogen-bond donors (Lipinski definition) is 2. The molecule has 1 aliphatic carbocycles. The Morgan fingerprint density at radius 3 is 2.46 bits per heavy atom. The van der Waals surface area contributed by atoms with E-state index in [0.717, 1.165) is 17.5 Å². The van der Waals surface area contributed by atoms with Crippen molar-refractivity contribution in [2.45, 2.75) is 77.0 Å². The highest BCUT2D eigenvalue weighted by Crippen LogP contribution is 2.34. The number of carbonyl (C=O) groups excluding carboxylic acids is 1. The zero-order valence-corrected chi connectivity index (χ0v) is 24.0. The molecule has 6 nitrogen and oxygen atoms in total. The van der Waals surface area contributed by atoms with Crippen molar-refractivity contribution >= 4 is 5.91 Å². The topological polar surface area (TPSA) is 88.6 Å². The van der Waals surface area contributed by atoms with E-state index in [1.807, 2.05) is 36.1 Å². The second kappa shape index (κ2) is 12.7. The molecule has 3 N–H and O–H groups in total. The number of nitrogens with zero attached hydrogens (tertiary/aromatic N) is 2. The SMILES string of the molecule is C[C@H](CC1CCCCC1)C(=O)N1CCC(O)(Cn2cc(-c3cccc(CN)c3)c(-c3ccccc3F)cc2=O)CC1. The average Bonchev–Trinajstić information content (AvgIpc) is 2.99. The second-order valence-corrected chi connectivity index (χ2v) is 12.1. The van der Waals surface area contributed by atoms with Gasteiger partial charge in [0.2, 0.25) is 5.91 Å². The molecule has 1 amide bonds. The first-order chi connectivity index (χ1) is 19.8. The normalized spacial score (nSPS) is 18.3. The quantitative estimate of drug-likeness (QED) is 0.368. The summed E-state index contributed by atoms with van der Waals surface area (Å²) in [5.74, 6) is 0.397. The number of amides is 1. The van der Waals surface area contributed by atoms with Gasteiger partial charge in [-0.25, -0.2) is 4.39 Å². The third kappa shape index (κ3) is 6.79. The highest BCUT2D eigenvalue weighted by molar-refractivity contribution is 5.83. The van der Waals surface area contributed by atoms with Crippen LogP contribution in [0.1, 0.15) is 63.9 Å².